The van der Waals surface area contributed by atoms with Crippen LogP contribution in [0.1, 0.15) is 32.3 Å². The van der Waals surface area contributed by atoms with E-state index in [1.165, 1.54) is 14.2 Å². The van der Waals surface area contributed by atoms with Crippen LogP contribution in [0, 0.1) is 5.92 Å². The van der Waals surface area contributed by atoms with Crippen molar-refractivity contribution in [2.75, 3.05) is 14.2 Å². The minimum atomic E-state index is -1.58. The van der Waals surface area contributed by atoms with Crippen LogP contribution in [-0.2, 0) is 25.6 Å². The quantitative estimate of drug-likeness (QED) is 0.451. The first-order valence-electron chi connectivity index (χ1n) is 8.53. The second kappa shape index (κ2) is 7.83. The summed E-state index contributed by atoms with van der Waals surface area (Å²) in [7, 11) is 2.58. The molecule has 5 nitrogen and oxygen atoms in total. The average molecular weight is 345 g/mol. The molecule has 0 aromatic heterocycles. The summed E-state index contributed by atoms with van der Waals surface area (Å²) in [5.74, 6) is -0.847. The zero-order valence-electron chi connectivity index (χ0n) is 15.5. The number of nitrogens with zero attached hydrogens (tertiary/aromatic N) is 1. The number of esters is 2. The van der Waals surface area contributed by atoms with E-state index in [0.29, 0.717) is 24.5 Å². The Morgan fingerprint density at radius 3 is 2.24 bits per heavy atom. The van der Waals surface area contributed by atoms with Crippen LogP contribution in [-0.4, -0.2) is 42.6 Å². The summed E-state index contributed by atoms with van der Waals surface area (Å²) in [6.45, 7) is 8.75. The summed E-state index contributed by atoms with van der Waals surface area (Å²) in [6, 6.07) is 9.79. The number of rotatable bonds is 6. The molecule has 2 rings (SSSR count). The maximum atomic E-state index is 12.8. The van der Waals surface area contributed by atoms with Crippen LogP contribution in [0.2, 0.25) is 0 Å². The summed E-state index contributed by atoms with van der Waals surface area (Å²) >= 11 is 0. The third kappa shape index (κ3) is 3.47. The second-order valence-corrected chi connectivity index (χ2v) is 6.90. The van der Waals surface area contributed by atoms with Crippen molar-refractivity contribution in [1.29, 1.82) is 0 Å². The Hall–Kier alpha value is -2.14. The molecule has 0 bridgehead atoms. The van der Waals surface area contributed by atoms with Gasteiger partial charge in [0, 0.05) is 12.6 Å². The Kier molecular flexibility index (Phi) is 6.01. The smallest absolute Gasteiger partial charge is 0.342 e. The van der Waals surface area contributed by atoms with Crippen LogP contribution < -0.4 is 0 Å². The van der Waals surface area contributed by atoms with E-state index in [1.54, 1.807) is 0 Å². The standard InChI is InChI=1S/C20H27NO4/c1-14(2)11-17-12-15(3)20(18(22)24-4,19(23)25-5)21(17)13-16-9-7-6-8-10-16/h6-10,14,17H,3,11-13H2,1-2,4-5H3/t17-/m1/s1. The maximum absolute atomic E-state index is 12.8. The van der Waals surface area contributed by atoms with Crippen molar-refractivity contribution in [3.8, 4) is 0 Å². The Morgan fingerprint density at radius 1 is 1.20 bits per heavy atom. The Balaban J connectivity index is 2.53. The summed E-state index contributed by atoms with van der Waals surface area (Å²) in [6.07, 6.45) is 1.41. The fourth-order valence-electron chi connectivity index (χ4n) is 3.70. The number of carbonyl (C=O) groups is 2. The lowest BCUT2D eigenvalue weighted by Gasteiger charge is -2.37. The number of likely N-dealkylation sites (tertiary alicyclic amines) is 1. The lowest BCUT2D eigenvalue weighted by Crippen LogP contribution is -2.59. The molecule has 0 aliphatic carbocycles. The Labute approximate surface area is 149 Å². The van der Waals surface area contributed by atoms with Crippen molar-refractivity contribution in [1.82, 2.24) is 4.90 Å². The highest BCUT2D eigenvalue weighted by Gasteiger charge is 2.61. The number of benzene rings is 1. The molecule has 0 radical (unpaired) electrons. The molecule has 0 saturated carbocycles. The first kappa shape index (κ1) is 19.2. The van der Waals surface area contributed by atoms with E-state index in [0.717, 1.165) is 12.0 Å². The number of hydrogen-bond donors (Lipinski definition) is 0. The van der Waals surface area contributed by atoms with Crippen LogP contribution in [0.4, 0.5) is 0 Å². The van der Waals surface area contributed by atoms with Gasteiger partial charge in [-0.1, -0.05) is 50.8 Å². The third-order valence-electron chi connectivity index (χ3n) is 4.77. The van der Waals surface area contributed by atoms with Crippen LogP contribution in [0.25, 0.3) is 0 Å². The minimum Gasteiger partial charge on any atom is -0.467 e. The van der Waals surface area contributed by atoms with Gasteiger partial charge in [-0.2, -0.15) is 0 Å². The molecule has 0 N–H and O–H groups in total. The zero-order chi connectivity index (χ0) is 18.6. The number of methoxy groups -OCH3 is 2. The number of carbonyl (C=O) groups excluding carboxylic acids is 2. The third-order valence-corrected chi connectivity index (χ3v) is 4.77. The van der Waals surface area contributed by atoms with Gasteiger partial charge in [-0.25, -0.2) is 9.59 Å². The molecule has 5 heteroatoms. The van der Waals surface area contributed by atoms with Gasteiger partial charge in [0.2, 0.25) is 5.54 Å². The second-order valence-electron chi connectivity index (χ2n) is 6.90. The molecule has 0 unspecified atom stereocenters. The molecular weight excluding hydrogens is 318 g/mol. The van der Waals surface area contributed by atoms with Crippen molar-refractivity contribution >= 4 is 11.9 Å². The Bertz CT molecular complexity index is 622. The Morgan fingerprint density at radius 2 is 1.76 bits per heavy atom. The van der Waals surface area contributed by atoms with Gasteiger partial charge < -0.3 is 9.47 Å². The summed E-state index contributed by atoms with van der Waals surface area (Å²) in [5.41, 5.74) is -0.0327. The monoisotopic (exact) mass is 345 g/mol. The minimum absolute atomic E-state index is 0.0194. The van der Waals surface area contributed by atoms with Gasteiger partial charge in [-0.3, -0.25) is 4.90 Å². The van der Waals surface area contributed by atoms with Gasteiger partial charge in [-0.05, 0) is 29.9 Å². The molecule has 1 aromatic carbocycles. The fourth-order valence-corrected chi connectivity index (χ4v) is 3.70. The van der Waals surface area contributed by atoms with Crippen LogP contribution in [0.5, 0.6) is 0 Å². The van der Waals surface area contributed by atoms with E-state index < -0.39 is 17.5 Å². The van der Waals surface area contributed by atoms with Crippen LogP contribution in [0.15, 0.2) is 42.5 Å². The normalized spacial score (nSPS) is 19.9. The zero-order valence-corrected chi connectivity index (χ0v) is 15.5. The van der Waals surface area contributed by atoms with Gasteiger partial charge >= 0.3 is 11.9 Å². The van der Waals surface area contributed by atoms with E-state index in [4.69, 9.17) is 9.47 Å². The predicted molar refractivity (Wildman–Crippen MR) is 95.7 cm³/mol. The lowest BCUT2D eigenvalue weighted by molar-refractivity contribution is -0.168. The molecule has 0 spiro atoms. The highest BCUT2D eigenvalue weighted by molar-refractivity contribution is 6.09. The summed E-state index contributed by atoms with van der Waals surface area (Å²) < 4.78 is 10.0. The predicted octanol–water partition coefficient (Wildman–Crippen LogP) is 2.95. The first-order valence-corrected chi connectivity index (χ1v) is 8.53. The van der Waals surface area contributed by atoms with E-state index in [1.807, 2.05) is 35.2 Å². The lowest BCUT2D eigenvalue weighted by atomic mass is 9.91. The van der Waals surface area contributed by atoms with Gasteiger partial charge in [0.1, 0.15) is 0 Å². The molecule has 25 heavy (non-hydrogen) atoms. The number of ether oxygens (including phenoxy) is 2. The van der Waals surface area contributed by atoms with E-state index in [-0.39, 0.29) is 6.04 Å². The van der Waals surface area contributed by atoms with Crippen molar-refractivity contribution in [3.05, 3.63) is 48.0 Å². The average Bonchev–Trinajstić information content (AvgIpc) is 2.86. The fraction of sp³-hybridized carbons (Fsp3) is 0.500. The van der Waals surface area contributed by atoms with E-state index in [9.17, 15) is 9.59 Å². The van der Waals surface area contributed by atoms with Crippen molar-refractivity contribution in [3.63, 3.8) is 0 Å². The highest BCUT2D eigenvalue weighted by atomic mass is 16.5. The van der Waals surface area contributed by atoms with Gasteiger partial charge in [0.25, 0.3) is 0 Å². The van der Waals surface area contributed by atoms with Crippen LogP contribution in [0.3, 0.4) is 0 Å². The van der Waals surface area contributed by atoms with Gasteiger partial charge in [0.15, 0.2) is 0 Å². The topological polar surface area (TPSA) is 55.8 Å². The molecule has 1 aliphatic rings. The number of hydrogen-bond acceptors (Lipinski definition) is 5. The molecule has 136 valence electrons. The SMILES string of the molecule is C=C1C[C@@H](CC(C)C)N(Cc2ccccc2)C1(C(=O)OC)C(=O)OC. The molecule has 1 heterocycles. The molecular formula is C20H27NO4. The van der Waals surface area contributed by atoms with Crippen molar-refractivity contribution in [2.24, 2.45) is 5.92 Å². The van der Waals surface area contributed by atoms with E-state index in [2.05, 4.69) is 20.4 Å². The largest absolute Gasteiger partial charge is 0.467 e. The van der Waals surface area contributed by atoms with Gasteiger partial charge in [-0.15, -0.1) is 0 Å². The van der Waals surface area contributed by atoms with Gasteiger partial charge in [0.05, 0.1) is 14.2 Å². The molecule has 1 aliphatic heterocycles. The highest BCUT2D eigenvalue weighted by Crippen LogP contribution is 2.43. The van der Waals surface area contributed by atoms with Crippen molar-refractivity contribution in [2.45, 2.75) is 44.8 Å². The van der Waals surface area contributed by atoms with Crippen LogP contribution >= 0.6 is 0 Å². The van der Waals surface area contributed by atoms with Crippen molar-refractivity contribution < 1.29 is 19.1 Å². The first-order chi connectivity index (χ1) is 11.9. The molecule has 1 atom stereocenters. The maximum Gasteiger partial charge on any atom is 0.342 e. The summed E-state index contributed by atoms with van der Waals surface area (Å²) in [4.78, 5) is 27.4. The van der Waals surface area contributed by atoms with E-state index >= 15 is 0 Å². The summed E-state index contributed by atoms with van der Waals surface area (Å²) in [5, 5.41) is 0. The molecule has 1 aromatic rings. The molecule has 0 amide bonds. The molecule has 1 saturated heterocycles. The molecule has 1 fully saturated rings.